The number of nitrogens with zero attached hydrogens (tertiary/aromatic N) is 2. The number of rotatable bonds is 1. The molecule has 0 bridgehead atoms. The van der Waals surface area contributed by atoms with Gasteiger partial charge >= 0.3 is 0 Å². The largest absolute Gasteiger partial charge is 0.419 e. The average molecular weight is 148 g/mol. The molecule has 1 unspecified atom stereocenters. The summed E-state index contributed by atoms with van der Waals surface area (Å²) in [7, 11) is -0.305. The summed E-state index contributed by atoms with van der Waals surface area (Å²) in [6.07, 6.45) is 3.13. The first-order valence-corrected chi connectivity index (χ1v) is 4.46. The molecule has 8 heavy (non-hydrogen) atoms. The van der Waals surface area contributed by atoms with Crippen molar-refractivity contribution in [2.75, 3.05) is 6.26 Å². The third-order valence-corrected chi connectivity index (χ3v) is 1.68. The molecule has 5 heteroatoms. The van der Waals surface area contributed by atoms with Gasteiger partial charge in [-0.1, -0.05) is 0 Å². The molecular weight excluding hydrogens is 144 g/mol. The molecular formula is C3H4N2OS2. The molecule has 0 aromatic carbocycles. The summed E-state index contributed by atoms with van der Waals surface area (Å²) in [5.41, 5.74) is 0. The van der Waals surface area contributed by atoms with E-state index in [1.807, 2.05) is 6.26 Å². The molecule has 0 aliphatic rings. The molecule has 44 valence electrons. The van der Waals surface area contributed by atoms with Crippen molar-refractivity contribution in [3.05, 3.63) is 6.39 Å². The Balaban J connectivity index is 2.93. The van der Waals surface area contributed by atoms with Crippen LogP contribution in [0.25, 0.3) is 0 Å². The van der Waals surface area contributed by atoms with E-state index in [9.17, 15) is 0 Å². The van der Waals surface area contributed by atoms with E-state index in [0.29, 0.717) is 5.22 Å². The minimum atomic E-state index is -0.305. The van der Waals surface area contributed by atoms with Crippen LogP contribution in [-0.2, 0) is 20.6 Å². The topological polar surface area (TPSA) is 38.9 Å². The molecule has 0 aliphatic carbocycles. The lowest BCUT2D eigenvalue weighted by molar-refractivity contribution is 0.453. The molecule has 0 saturated heterocycles. The maximum Gasteiger partial charge on any atom is 0.280 e. The predicted octanol–water partition coefficient (Wildman–Crippen LogP) is 0.138. The first kappa shape index (κ1) is 5.84. The van der Waals surface area contributed by atoms with Gasteiger partial charge in [0.25, 0.3) is 5.22 Å². The highest BCUT2D eigenvalue weighted by molar-refractivity contribution is 8.28. The van der Waals surface area contributed by atoms with Crippen LogP contribution >= 0.6 is 0 Å². The van der Waals surface area contributed by atoms with Gasteiger partial charge in [0, 0.05) is 0 Å². The fourth-order valence-corrected chi connectivity index (χ4v) is 0.847. The predicted molar refractivity (Wildman–Crippen MR) is 33.2 cm³/mol. The Hall–Kier alpha value is -0.290. The molecule has 0 aliphatic heterocycles. The van der Waals surface area contributed by atoms with Gasteiger partial charge in [-0.05, 0) is 26.9 Å². The van der Waals surface area contributed by atoms with Crippen LogP contribution in [-0.4, -0.2) is 16.5 Å². The zero-order valence-electron chi connectivity index (χ0n) is 4.20. The first-order chi connectivity index (χ1) is 3.80. The van der Waals surface area contributed by atoms with E-state index in [1.54, 1.807) is 0 Å². The van der Waals surface area contributed by atoms with Gasteiger partial charge in [-0.2, -0.15) is 0 Å². The second kappa shape index (κ2) is 2.32. The van der Waals surface area contributed by atoms with Crippen LogP contribution in [0.3, 0.4) is 0 Å². The quantitative estimate of drug-likeness (QED) is 0.568. The fourth-order valence-electron chi connectivity index (χ4n) is 0.288. The minimum absolute atomic E-state index is 0.305. The summed E-state index contributed by atoms with van der Waals surface area (Å²) < 4.78 is 4.78. The van der Waals surface area contributed by atoms with E-state index in [1.165, 1.54) is 6.39 Å². The molecule has 0 spiro atoms. The van der Waals surface area contributed by atoms with Crippen molar-refractivity contribution < 1.29 is 4.42 Å². The minimum Gasteiger partial charge on any atom is -0.419 e. The van der Waals surface area contributed by atoms with Crippen molar-refractivity contribution in [2.45, 2.75) is 5.22 Å². The highest BCUT2D eigenvalue weighted by Crippen LogP contribution is 1.95. The summed E-state index contributed by atoms with van der Waals surface area (Å²) in [5, 5.41) is 7.62. The van der Waals surface area contributed by atoms with Crippen LogP contribution in [0.5, 0.6) is 0 Å². The third-order valence-electron chi connectivity index (χ3n) is 0.586. The fraction of sp³-hybridized carbons (Fsp3) is 0.333. The molecule has 1 atom stereocenters. The van der Waals surface area contributed by atoms with Crippen LogP contribution < -0.4 is 0 Å². The van der Waals surface area contributed by atoms with E-state index in [-0.39, 0.29) is 9.45 Å². The zero-order valence-corrected chi connectivity index (χ0v) is 5.83. The molecule has 0 fully saturated rings. The van der Waals surface area contributed by atoms with Crippen LogP contribution in [0.4, 0.5) is 0 Å². The zero-order chi connectivity index (χ0) is 5.98. The summed E-state index contributed by atoms with van der Waals surface area (Å²) in [5.74, 6) is 0. The van der Waals surface area contributed by atoms with Crippen LogP contribution in [0.2, 0.25) is 0 Å². The summed E-state index contributed by atoms with van der Waals surface area (Å²) in [6, 6.07) is 0. The Labute approximate surface area is 53.7 Å². The maximum absolute atomic E-state index is 4.83. The van der Waals surface area contributed by atoms with E-state index >= 15 is 0 Å². The number of aromatic nitrogens is 2. The Kier molecular flexibility index (Phi) is 1.69. The van der Waals surface area contributed by atoms with Crippen LogP contribution in [0.1, 0.15) is 0 Å². The van der Waals surface area contributed by atoms with E-state index < -0.39 is 0 Å². The van der Waals surface area contributed by atoms with Crippen molar-refractivity contribution in [2.24, 2.45) is 0 Å². The van der Waals surface area contributed by atoms with Gasteiger partial charge < -0.3 is 4.42 Å². The van der Waals surface area contributed by atoms with Crippen molar-refractivity contribution in [1.29, 1.82) is 0 Å². The number of hydrogen-bond acceptors (Lipinski definition) is 4. The Morgan fingerprint density at radius 3 is 2.88 bits per heavy atom. The van der Waals surface area contributed by atoms with Gasteiger partial charge in [0.15, 0.2) is 0 Å². The molecule has 0 N–H and O–H groups in total. The van der Waals surface area contributed by atoms with Crippen molar-refractivity contribution in [1.82, 2.24) is 10.2 Å². The lowest BCUT2D eigenvalue weighted by atomic mass is 11.5. The standard InChI is InChI=1S/C3H4N2OS2/c1-8(7)3-5-4-2-6-3/h2H,1H3. The monoisotopic (exact) mass is 148 g/mol. The molecule has 0 amide bonds. The molecule has 0 saturated carbocycles. The second-order valence-corrected chi connectivity index (χ2v) is 3.92. The normalized spacial score (nSPS) is 13.6. The molecule has 1 heterocycles. The van der Waals surface area contributed by atoms with Gasteiger partial charge in [0.2, 0.25) is 6.39 Å². The molecule has 1 rings (SSSR count). The summed E-state index contributed by atoms with van der Waals surface area (Å²) in [6.45, 7) is 0. The highest BCUT2D eigenvalue weighted by Gasteiger charge is 1.95. The first-order valence-electron chi connectivity index (χ1n) is 1.90. The van der Waals surface area contributed by atoms with Gasteiger partial charge in [-0.3, -0.25) is 0 Å². The van der Waals surface area contributed by atoms with Crippen LogP contribution in [0.15, 0.2) is 16.0 Å². The van der Waals surface area contributed by atoms with E-state index in [0.717, 1.165) is 0 Å². The lowest BCUT2D eigenvalue weighted by Crippen LogP contribution is -1.83. The smallest absolute Gasteiger partial charge is 0.280 e. The number of hydrogen-bond donors (Lipinski definition) is 0. The maximum atomic E-state index is 4.83. The van der Waals surface area contributed by atoms with E-state index in [2.05, 4.69) is 10.2 Å². The Morgan fingerprint density at radius 2 is 2.62 bits per heavy atom. The summed E-state index contributed by atoms with van der Waals surface area (Å²) in [4.78, 5) is 0. The van der Waals surface area contributed by atoms with E-state index in [4.69, 9.17) is 15.6 Å². The molecule has 3 nitrogen and oxygen atoms in total. The summed E-state index contributed by atoms with van der Waals surface area (Å²) >= 11 is 4.83. The Morgan fingerprint density at radius 1 is 1.88 bits per heavy atom. The van der Waals surface area contributed by atoms with Gasteiger partial charge in [-0.25, -0.2) is 0 Å². The molecule has 1 aromatic heterocycles. The molecule has 1 aromatic rings. The SMILES string of the molecule is CS(=S)c1nnco1. The van der Waals surface area contributed by atoms with Gasteiger partial charge in [-0.15, -0.1) is 10.2 Å². The second-order valence-electron chi connectivity index (χ2n) is 1.16. The van der Waals surface area contributed by atoms with Gasteiger partial charge in [0.1, 0.15) is 0 Å². The highest BCUT2D eigenvalue weighted by atomic mass is 32.8. The average Bonchev–Trinajstić information content (AvgIpc) is 2.12. The van der Waals surface area contributed by atoms with Crippen LogP contribution in [0, 0.1) is 0 Å². The third kappa shape index (κ3) is 1.10. The van der Waals surface area contributed by atoms with Crippen molar-refractivity contribution >= 4 is 20.6 Å². The lowest BCUT2D eigenvalue weighted by Gasteiger charge is -1.81. The van der Waals surface area contributed by atoms with Crippen molar-refractivity contribution in [3.63, 3.8) is 0 Å². The molecule has 0 radical (unpaired) electrons. The Bertz CT molecular complexity index is 183. The van der Waals surface area contributed by atoms with Crippen molar-refractivity contribution in [3.8, 4) is 0 Å². The van der Waals surface area contributed by atoms with Gasteiger partial charge in [0.05, 0.1) is 0 Å².